The average molecular weight is 265 g/mol. The SMILES string of the molecule is C#CCNC(=O)C(C)Oc1ccc(F)cc1[C@H](C)O. The van der Waals surface area contributed by atoms with Gasteiger partial charge in [0, 0.05) is 5.56 Å². The van der Waals surface area contributed by atoms with Gasteiger partial charge in [-0.15, -0.1) is 6.42 Å². The molecule has 0 heterocycles. The van der Waals surface area contributed by atoms with E-state index in [4.69, 9.17) is 11.2 Å². The second kappa shape index (κ2) is 6.76. The van der Waals surface area contributed by atoms with Crippen molar-refractivity contribution in [3.63, 3.8) is 0 Å². The molecule has 0 bridgehead atoms. The van der Waals surface area contributed by atoms with Crippen LogP contribution in [-0.4, -0.2) is 23.7 Å². The number of amides is 1. The Labute approximate surface area is 111 Å². The summed E-state index contributed by atoms with van der Waals surface area (Å²) in [7, 11) is 0. The molecule has 0 saturated heterocycles. The van der Waals surface area contributed by atoms with E-state index in [1.165, 1.54) is 25.1 Å². The molecule has 4 nitrogen and oxygen atoms in total. The smallest absolute Gasteiger partial charge is 0.261 e. The highest BCUT2D eigenvalue weighted by Crippen LogP contribution is 2.26. The van der Waals surface area contributed by atoms with Crippen molar-refractivity contribution in [1.29, 1.82) is 0 Å². The van der Waals surface area contributed by atoms with Crippen LogP contribution in [0.4, 0.5) is 4.39 Å². The fourth-order valence-corrected chi connectivity index (χ4v) is 1.48. The van der Waals surface area contributed by atoms with E-state index in [0.717, 1.165) is 0 Å². The Morgan fingerprint density at radius 1 is 1.58 bits per heavy atom. The molecule has 102 valence electrons. The molecule has 0 fully saturated rings. The summed E-state index contributed by atoms with van der Waals surface area (Å²) in [5, 5.41) is 12.0. The molecule has 2 N–H and O–H groups in total. The third kappa shape index (κ3) is 4.27. The first-order valence-electron chi connectivity index (χ1n) is 5.81. The van der Waals surface area contributed by atoms with Gasteiger partial charge in [0.25, 0.3) is 5.91 Å². The van der Waals surface area contributed by atoms with Gasteiger partial charge in [0.15, 0.2) is 6.10 Å². The van der Waals surface area contributed by atoms with Crippen LogP contribution < -0.4 is 10.1 Å². The van der Waals surface area contributed by atoms with Gasteiger partial charge in [-0.25, -0.2) is 4.39 Å². The molecule has 1 amide bonds. The summed E-state index contributed by atoms with van der Waals surface area (Å²) < 4.78 is 18.5. The van der Waals surface area contributed by atoms with Crippen molar-refractivity contribution >= 4 is 5.91 Å². The number of nitrogens with one attached hydrogen (secondary N) is 1. The molecule has 0 aliphatic rings. The van der Waals surface area contributed by atoms with Gasteiger partial charge in [-0.05, 0) is 32.0 Å². The fraction of sp³-hybridized carbons (Fsp3) is 0.357. The molecular formula is C14H16FNO3. The van der Waals surface area contributed by atoms with E-state index in [0.29, 0.717) is 0 Å². The van der Waals surface area contributed by atoms with Gasteiger partial charge in [-0.2, -0.15) is 0 Å². The molecule has 1 rings (SSSR count). The lowest BCUT2D eigenvalue weighted by Crippen LogP contribution is -2.36. The maximum absolute atomic E-state index is 13.1. The number of ether oxygens (including phenoxy) is 1. The van der Waals surface area contributed by atoms with Crippen LogP contribution in [0, 0.1) is 18.2 Å². The summed E-state index contributed by atoms with van der Waals surface area (Å²) in [6, 6.07) is 3.75. The summed E-state index contributed by atoms with van der Waals surface area (Å²) in [6.07, 6.45) is 3.34. The van der Waals surface area contributed by atoms with Crippen LogP contribution in [0.3, 0.4) is 0 Å². The number of rotatable bonds is 5. The second-order valence-corrected chi connectivity index (χ2v) is 4.04. The van der Waals surface area contributed by atoms with Crippen LogP contribution in [-0.2, 0) is 4.79 Å². The van der Waals surface area contributed by atoms with Gasteiger partial charge < -0.3 is 15.2 Å². The van der Waals surface area contributed by atoms with Gasteiger partial charge in [-0.1, -0.05) is 5.92 Å². The molecule has 0 aliphatic carbocycles. The summed E-state index contributed by atoms with van der Waals surface area (Å²) in [4.78, 5) is 11.6. The number of carbonyl (C=O) groups excluding carboxylic acids is 1. The average Bonchev–Trinajstić information content (AvgIpc) is 2.37. The zero-order valence-corrected chi connectivity index (χ0v) is 10.8. The summed E-state index contributed by atoms with van der Waals surface area (Å²) in [5.74, 6) is 1.69. The minimum atomic E-state index is -0.897. The summed E-state index contributed by atoms with van der Waals surface area (Å²) in [5.41, 5.74) is 0.289. The molecule has 1 unspecified atom stereocenters. The Morgan fingerprint density at radius 2 is 2.26 bits per heavy atom. The monoisotopic (exact) mass is 265 g/mol. The standard InChI is InChI=1S/C14H16FNO3/c1-4-7-16-14(18)10(3)19-13-6-5-11(15)8-12(13)9(2)17/h1,5-6,8-10,17H,7H2,2-3H3,(H,16,18)/t9-,10?/m0/s1. The Kier molecular flexibility index (Phi) is 5.34. The van der Waals surface area contributed by atoms with Crippen molar-refractivity contribution in [1.82, 2.24) is 5.32 Å². The molecule has 1 aromatic rings. The quantitative estimate of drug-likeness (QED) is 0.791. The van der Waals surface area contributed by atoms with E-state index in [9.17, 15) is 14.3 Å². The molecular weight excluding hydrogens is 249 g/mol. The number of aliphatic hydroxyl groups excluding tert-OH is 1. The highest BCUT2D eigenvalue weighted by atomic mass is 19.1. The lowest BCUT2D eigenvalue weighted by molar-refractivity contribution is -0.127. The summed E-state index contributed by atoms with van der Waals surface area (Å²) >= 11 is 0. The highest BCUT2D eigenvalue weighted by molar-refractivity contribution is 5.80. The zero-order chi connectivity index (χ0) is 14.4. The normalized spacial score (nSPS) is 13.2. The molecule has 5 heteroatoms. The zero-order valence-electron chi connectivity index (χ0n) is 10.8. The molecule has 2 atom stereocenters. The van der Waals surface area contributed by atoms with Crippen LogP contribution in [0.2, 0.25) is 0 Å². The largest absolute Gasteiger partial charge is 0.481 e. The van der Waals surface area contributed by atoms with Crippen LogP contribution in [0.1, 0.15) is 25.5 Å². The highest BCUT2D eigenvalue weighted by Gasteiger charge is 2.17. The lowest BCUT2D eigenvalue weighted by atomic mass is 10.1. The third-order valence-corrected chi connectivity index (χ3v) is 2.46. The van der Waals surface area contributed by atoms with Crippen molar-refractivity contribution in [2.75, 3.05) is 6.54 Å². The number of hydrogen-bond acceptors (Lipinski definition) is 3. The molecule has 0 spiro atoms. The van der Waals surface area contributed by atoms with Gasteiger partial charge in [-0.3, -0.25) is 4.79 Å². The maximum atomic E-state index is 13.1. The molecule has 1 aromatic carbocycles. The van der Waals surface area contributed by atoms with Crippen molar-refractivity contribution in [3.05, 3.63) is 29.6 Å². The van der Waals surface area contributed by atoms with Crippen LogP contribution >= 0.6 is 0 Å². The molecule has 0 saturated carbocycles. The first-order valence-corrected chi connectivity index (χ1v) is 5.81. The summed E-state index contributed by atoms with van der Waals surface area (Å²) in [6.45, 7) is 3.14. The van der Waals surface area contributed by atoms with Gasteiger partial charge in [0.05, 0.1) is 12.6 Å². The molecule has 0 aliphatic heterocycles. The number of hydrogen-bond donors (Lipinski definition) is 2. The molecule has 0 radical (unpaired) electrons. The van der Waals surface area contributed by atoms with Crippen molar-refractivity contribution in [3.8, 4) is 18.1 Å². The number of aliphatic hydroxyl groups is 1. The second-order valence-electron chi connectivity index (χ2n) is 4.04. The van der Waals surface area contributed by atoms with Crippen LogP contribution in [0.15, 0.2) is 18.2 Å². The van der Waals surface area contributed by atoms with E-state index in [-0.39, 0.29) is 23.8 Å². The maximum Gasteiger partial charge on any atom is 0.261 e. The lowest BCUT2D eigenvalue weighted by Gasteiger charge is -2.18. The Bertz CT molecular complexity index is 494. The van der Waals surface area contributed by atoms with Crippen LogP contribution in [0.5, 0.6) is 5.75 Å². The first kappa shape index (κ1) is 15.0. The molecule has 19 heavy (non-hydrogen) atoms. The van der Waals surface area contributed by atoms with Crippen molar-refractivity contribution in [2.45, 2.75) is 26.1 Å². The topological polar surface area (TPSA) is 58.6 Å². The van der Waals surface area contributed by atoms with E-state index in [2.05, 4.69) is 11.2 Å². The predicted octanol–water partition coefficient (Wildman–Crippen LogP) is 1.40. The minimum absolute atomic E-state index is 0.110. The number of halogens is 1. The Morgan fingerprint density at radius 3 is 2.84 bits per heavy atom. The third-order valence-electron chi connectivity index (χ3n) is 2.46. The van der Waals surface area contributed by atoms with E-state index in [1.54, 1.807) is 6.92 Å². The number of benzene rings is 1. The van der Waals surface area contributed by atoms with E-state index in [1.807, 2.05) is 0 Å². The minimum Gasteiger partial charge on any atom is -0.481 e. The number of carbonyl (C=O) groups is 1. The van der Waals surface area contributed by atoms with Crippen molar-refractivity contribution in [2.24, 2.45) is 0 Å². The Hall–Kier alpha value is -2.06. The fourth-order valence-electron chi connectivity index (χ4n) is 1.48. The predicted molar refractivity (Wildman–Crippen MR) is 69.0 cm³/mol. The van der Waals surface area contributed by atoms with Crippen molar-refractivity contribution < 1.29 is 19.0 Å². The van der Waals surface area contributed by atoms with Gasteiger partial charge in [0.2, 0.25) is 0 Å². The van der Waals surface area contributed by atoms with E-state index >= 15 is 0 Å². The number of terminal acetylenes is 1. The molecule has 0 aromatic heterocycles. The van der Waals surface area contributed by atoms with E-state index < -0.39 is 18.0 Å². The first-order chi connectivity index (χ1) is 8.95. The van der Waals surface area contributed by atoms with Crippen LogP contribution in [0.25, 0.3) is 0 Å². The Balaban J connectivity index is 2.82. The van der Waals surface area contributed by atoms with Gasteiger partial charge >= 0.3 is 0 Å². The van der Waals surface area contributed by atoms with Gasteiger partial charge in [0.1, 0.15) is 11.6 Å².